The summed E-state index contributed by atoms with van der Waals surface area (Å²) in [5.74, 6) is 1.08. The van der Waals surface area contributed by atoms with Crippen molar-refractivity contribution in [2.75, 3.05) is 21.0 Å². The Morgan fingerprint density at radius 1 is 1.08 bits per heavy atom. The van der Waals surface area contributed by atoms with Gasteiger partial charge in [-0.2, -0.15) is 0 Å². The molecule has 1 heterocycles. The topological polar surface area (TPSA) is 49.7 Å². The fourth-order valence-corrected chi connectivity index (χ4v) is 3.08. The average molecular weight is 349 g/mol. The van der Waals surface area contributed by atoms with Gasteiger partial charge in [0.15, 0.2) is 12.5 Å². The van der Waals surface area contributed by atoms with Crippen molar-refractivity contribution in [3.8, 4) is 5.75 Å². The molecule has 0 aliphatic heterocycles. The maximum absolute atomic E-state index is 12.3. The molecule has 0 bridgehead atoms. The first-order valence-electron chi connectivity index (χ1n) is 7.73. The fourth-order valence-electron chi connectivity index (χ4n) is 2.16. The van der Waals surface area contributed by atoms with Crippen LogP contribution >= 0.6 is 11.8 Å². The zero-order valence-electron chi connectivity index (χ0n) is 14.3. The summed E-state index contributed by atoms with van der Waals surface area (Å²) in [6.45, 7) is 2.36. The van der Waals surface area contributed by atoms with Crippen LogP contribution in [0.1, 0.15) is 18.1 Å². The highest BCUT2D eigenvalue weighted by Crippen LogP contribution is 2.24. The third-order valence-corrected chi connectivity index (χ3v) is 4.50. The van der Waals surface area contributed by atoms with Crippen molar-refractivity contribution >= 4 is 11.8 Å². The molecule has 0 aliphatic carbocycles. The van der Waals surface area contributed by atoms with Gasteiger partial charge >= 0.3 is 0 Å². The molecule has 0 fully saturated rings. The number of hydrogen-bond acceptors (Lipinski definition) is 5. The number of aryl methyl sites for hydroxylation is 1. The van der Waals surface area contributed by atoms with Crippen LogP contribution in [0.25, 0.3) is 0 Å². The highest BCUT2D eigenvalue weighted by molar-refractivity contribution is 7.98. The van der Waals surface area contributed by atoms with Crippen molar-refractivity contribution in [2.24, 2.45) is 0 Å². The lowest BCUT2D eigenvalue weighted by atomic mass is 10.1. The molecular formula is C18H23NO4S. The van der Waals surface area contributed by atoms with Crippen LogP contribution in [-0.4, -0.2) is 25.6 Å². The van der Waals surface area contributed by atoms with E-state index >= 15 is 0 Å². The summed E-state index contributed by atoms with van der Waals surface area (Å²) < 4.78 is 16.8. The van der Waals surface area contributed by atoms with Gasteiger partial charge in [-0.1, -0.05) is 31.2 Å². The normalized spacial score (nSPS) is 10.8. The highest BCUT2D eigenvalue weighted by Gasteiger charge is 2.09. The minimum atomic E-state index is -0.231. The first-order chi connectivity index (χ1) is 11.7. The predicted molar refractivity (Wildman–Crippen MR) is 95.6 cm³/mol. The molecule has 1 aromatic carbocycles. The Labute approximate surface area is 146 Å². The van der Waals surface area contributed by atoms with E-state index < -0.39 is 0 Å². The molecule has 130 valence electrons. The molecule has 0 saturated carbocycles. The van der Waals surface area contributed by atoms with Crippen LogP contribution in [0.2, 0.25) is 0 Å². The Bertz CT molecular complexity index is 697. The summed E-state index contributed by atoms with van der Waals surface area (Å²) in [7, 11) is 3.07. The molecule has 0 aliphatic rings. The van der Waals surface area contributed by atoms with E-state index in [9.17, 15) is 4.79 Å². The molecular weight excluding hydrogens is 326 g/mol. The maximum atomic E-state index is 12.3. The van der Waals surface area contributed by atoms with Crippen molar-refractivity contribution in [1.82, 2.24) is 4.57 Å². The van der Waals surface area contributed by atoms with E-state index in [0.717, 1.165) is 17.1 Å². The van der Waals surface area contributed by atoms with Crippen LogP contribution < -0.4 is 10.3 Å². The molecule has 0 unspecified atom stereocenters. The van der Waals surface area contributed by atoms with Gasteiger partial charge in [-0.05, 0) is 17.5 Å². The second-order valence-electron chi connectivity index (χ2n) is 5.24. The molecule has 5 nitrogen and oxygen atoms in total. The van der Waals surface area contributed by atoms with E-state index in [0.29, 0.717) is 0 Å². The summed E-state index contributed by atoms with van der Waals surface area (Å²) >= 11 is 1.65. The van der Waals surface area contributed by atoms with E-state index in [1.54, 1.807) is 31.1 Å². The SMILES string of the molecule is CCc1ccc(CSc2cc(OCOC)c(=O)n(COC)c2)cc1. The van der Waals surface area contributed by atoms with Crippen LogP contribution in [0.5, 0.6) is 5.75 Å². The number of rotatable bonds is 9. The van der Waals surface area contributed by atoms with Gasteiger partial charge in [-0.15, -0.1) is 11.8 Å². The molecule has 24 heavy (non-hydrogen) atoms. The van der Waals surface area contributed by atoms with Gasteiger partial charge in [0, 0.05) is 37.1 Å². The van der Waals surface area contributed by atoms with Crippen molar-refractivity contribution < 1.29 is 14.2 Å². The lowest BCUT2D eigenvalue weighted by Gasteiger charge is -2.11. The summed E-state index contributed by atoms with van der Waals surface area (Å²) in [5, 5.41) is 0. The van der Waals surface area contributed by atoms with E-state index in [1.165, 1.54) is 22.8 Å². The number of thioether (sulfide) groups is 1. The number of methoxy groups -OCH3 is 2. The molecule has 2 aromatic rings. The lowest BCUT2D eigenvalue weighted by molar-refractivity contribution is 0.0483. The maximum Gasteiger partial charge on any atom is 0.294 e. The number of pyridine rings is 1. The second kappa shape index (κ2) is 9.52. The summed E-state index contributed by atoms with van der Waals surface area (Å²) in [5.41, 5.74) is 2.33. The van der Waals surface area contributed by atoms with E-state index in [4.69, 9.17) is 14.2 Å². The third-order valence-electron chi connectivity index (χ3n) is 3.47. The number of hydrogen-bond donors (Lipinski definition) is 0. The first-order valence-corrected chi connectivity index (χ1v) is 8.72. The summed E-state index contributed by atoms with van der Waals surface area (Å²) in [6.07, 6.45) is 2.83. The number of ether oxygens (including phenoxy) is 3. The molecule has 0 amide bonds. The Balaban J connectivity index is 2.15. The number of benzene rings is 1. The molecule has 0 spiro atoms. The molecule has 1 aromatic heterocycles. The largest absolute Gasteiger partial charge is 0.462 e. The Kier molecular flexibility index (Phi) is 7.36. The second-order valence-corrected chi connectivity index (χ2v) is 6.29. The fraction of sp³-hybridized carbons (Fsp3) is 0.389. The minimum absolute atomic E-state index is 0.0365. The van der Waals surface area contributed by atoms with Gasteiger partial charge < -0.3 is 14.2 Å². The molecule has 0 saturated heterocycles. The van der Waals surface area contributed by atoms with E-state index in [1.807, 2.05) is 0 Å². The molecule has 0 radical (unpaired) electrons. The van der Waals surface area contributed by atoms with E-state index in [2.05, 4.69) is 31.2 Å². The first kappa shape index (κ1) is 18.6. The molecule has 6 heteroatoms. The number of nitrogens with zero attached hydrogens (tertiary/aromatic N) is 1. The van der Waals surface area contributed by atoms with Gasteiger partial charge in [0.1, 0.15) is 6.73 Å². The third kappa shape index (κ3) is 5.12. The van der Waals surface area contributed by atoms with E-state index in [-0.39, 0.29) is 24.8 Å². The van der Waals surface area contributed by atoms with Crippen LogP contribution in [0.15, 0.2) is 46.2 Å². The van der Waals surface area contributed by atoms with Gasteiger partial charge in [0.2, 0.25) is 0 Å². The zero-order valence-corrected chi connectivity index (χ0v) is 15.1. The van der Waals surface area contributed by atoms with Gasteiger partial charge in [0.05, 0.1) is 0 Å². The lowest BCUT2D eigenvalue weighted by Crippen LogP contribution is -2.23. The summed E-state index contributed by atoms with van der Waals surface area (Å²) in [4.78, 5) is 13.2. The monoisotopic (exact) mass is 349 g/mol. The van der Waals surface area contributed by atoms with Crippen LogP contribution in [0.3, 0.4) is 0 Å². The number of aromatic nitrogens is 1. The zero-order chi connectivity index (χ0) is 17.4. The standard InChI is InChI=1S/C18H23NO4S/c1-4-14-5-7-15(8-6-14)11-24-16-9-17(23-13-22-3)18(20)19(10-16)12-21-2/h5-10H,4,11-13H2,1-3H3. The van der Waals surface area contributed by atoms with Gasteiger partial charge in [0.25, 0.3) is 5.56 Å². The van der Waals surface area contributed by atoms with Crippen molar-refractivity contribution in [3.63, 3.8) is 0 Å². The quantitative estimate of drug-likeness (QED) is 0.514. The minimum Gasteiger partial charge on any atom is -0.462 e. The van der Waals surface area contributed by atoms with Crippen LogP contribution in [0, 0.1) is 0 Å². The van der Waals surface area contributed by atoms with Crippen LogP contribution in [0.4, 0.5) is 0 Å². The van der Waals surface area contributed by atoms with Crippen molar-refractivity contribution in [1.29, 1.82) is 0 Å². The molecule has 0 atom stereocenters. The van der Waals surface area contributed by atoms with Crippen LogP contribution in [-0.2, 0) is 28.4 Å². The molecule has 2 rings (SSSR count). The smallest absolute Gasteiger partial charge is 0.294 e. The van der Waals surface area contributed by atoms with Gasteiger partial charge in [-0.25, -0.2) is 0 Å². The Hall–Kier alpha value is -1.76. The summed E-state index contributed by atoms with van der Waals surface area (Å²) in [6, 6.07) is 10.3. The molecule has 0 N–H and O–H groups in total. The highest BCUT2D eigenvalue weighted by atomic mass is 32.2. The average Bonchev–Trinajstić information content (AvgIpc) is 2.61. The van der Waals surface area contributed by atoms with Crippen molar-refractivity contribution in [2.45, 2.75) is 30.7 Å². The van der Waals surface area contributed by atoms with Gasteiger partial charge in [-0.3, -0.25) is 9.36 Å². The Morgan fingerprint density at radius 3 is 2.42 bits per heavy atom. The Morgan fingerprint density at radius 2 is 1.79 bits per heavy atom. The predicted octanol–water partition coefficient (Wildman–Crippen LogP) is 3.29. The van der Waals surface area contributed by atoms with Crippen molar-refractivity contribution in [3.05, 3.63) is 58.0 Å².